The highest BCUT2D eigenvalue weighted by atomic mass is 19.1. The molecule has 0 bridgehead atoms. The van der Waals surface area contributed by atoms with Gasteiger partial charge in [0.05, 0.1) is 12.6 Å². The first kappa shape index (κ1) is 21.0. The third-order valence-electron chi connectivity index (χ3n) is 5.35. The zero-order valence-electron chi connectivity index (χ0n) is 18.0. The van der Waals surface area contributed by atoms with Crippen LogP contribution in [0.1, 0.15) is 30.0 Å². The standard InChI is InChI=1S/C23H27FN6O/c1-16-14-29(15-21(31-16)19-5-7-20(24)8-6-19)23(25-3)28-13-18-4-9-22(27-12-18)30-11-10-26-17(30)2/h4-12,16,21H,13-15H2,1-3H3,(H,25,28). The van der Waals surface area contributed by atoms with Crippen molar-refractivity contribution < 1.29 is 9.13 Å². The summed E-state index contributed by atoms with van der Waals surface area (Å²) in [7, 11) is 1.78. The Labute approximate surface area is 181 Å². The maximum Gasteiger partial charge on any atom is 0.194 e. The van der Waals surface area contributed by atoms with Crippen LogP contribution in [0.25, 0.3) is 5.82 Å². The molecular weight excluding hydrogens is 395 g/mol. The zero-order chi connectivity index (χ0) is 21.8. The van der Waals surface area contributed by atoms with Crippen LogP contribution >= 0.6 is 0 Å². The fraction of sp³-hybridized carbons (Fsp3) is 0.348. The number of aromatic nitrogens is 3. The van der Waals surface area contributed by atoms with E-state index in [9.17, 15) is 4.39 Å². The number of morpholine rings is 1. The number of hydrogen-bond donors (Lipinski definition) is 1. The lowest BCUT2D eigenvalue weighted by molar-refractivity contribution is -0.0605. The number of pyridine rings is 1. The molecule has 3 heterocycles. The van der Waals surface area contributed by atoms with E-state index in [0.29, 0.717) is 13.1 Å². The van der Waals surface area contributed by atoms with Crippen LogP contribution in [0.2, 0.25) is 0 Å². The van der Waals surface area contributed by atoms with Crippen molar-refractivity contribution >= 4 is 5.96 Å². The number of aliphatic imine (C=N–C) groups is 1. The van der Waals surface area contributed by atoms with Crippen molar-refractivity contribution in [3.8, 4) is 5.82 Å². The number of nitrogens with one attached hydrogen (secondary N) is 1. The number of ether oxygens (including phenoxy) is 1. The van der Waals surface area contributed by atoms with Gasteiger partial charge < -0.3 is 15.0 Å². The fourth-order valence-electron chi connectivity index (χ4n) is 3.78. The topological polar surface area (TPSA) is 67.6 Å². The molecule has 1 aliphatic heterocycles. The van der Waals surface area contributed by atoms with Gasteiger partial charge in [0, 0.05) is 38.7 Å². The Morgan fingerprint density at radius 1 is 1.19 bits per heavy atom. The van der Waals surface area contributed by atoms with Gasteiger partial charge in [-0.2, -0.15) is 0 Å². The number of hydrogen-bond acceptors (Lipinski definition) is 4. The van der Waals surface area contributed by atoms with Crippen LogP contribution in [-0.4, -0.2) is 51.6 Å². The van der Waals surface area contributed by atoms with E-state index < -0.39 is 0 Å². The van der Waals surface area contributed by atoms with Crippen LogP contribution in [-0.2, 0) is 11.3 Å². The van der Waals surface area contributed by atoms with Gasteiger partial charge in [-0.15, -0.1) is 0 Å². The Balaban J connectivity index is 1.40. The SMILES string of the molecule is CN=C(NCc1ccc(-n2ccnc2C)nc1)N1CC(C)OC(c2ccc(F)cc2)C1. The van der Waals surface area contributed by atoms with E-state index in [0.717, 1.165) is 35.3 Å². The molecule has 0 aliphatic carbocycles. The molecule has 1 fully saturated rings. The molecule has 31 heavy (non-hydrogen) atoms. The van der Waals surface area contributed by atoms with Crippen LogP contribution in [0.5, 0.6) is 0 Å². The van der Waals surface area contributed by atoms with E-state index in [2.05, 4.69) is 25.2 Å². The van der Waals surface area contributed by atoms with Gasteiger partial charge in [0.25, 0.3) is 0 Å². The third-order valence-corrected chi connectivity index (χ3v) is 5.35. The minimum absolute atomic E-state index is 0.0294. The first-order valence-corrected chi connectivity index (χ1v) is 10.3. The van der Waals surface area contributed by atoms with Crippen molar-refractivity contribution in [3.05, 3.63) is 77.8 Å². The lowest BCUT2D eigenvalue weighted by Crippen LogP contribution is -2.50. The highest BCUT2D eigenvalue weighted by molar-refractivity contribution is 5.80. The number of benzene rings is 1. The molecule has 3 aromatic rings. The molecule has 8 heteroatoms. The van der Waals surface area contributed by atoms with E-state index in [1.807, 2.05) is 42.9 Å². The van der Waals surface area contributed by atoms with E-state index in [1.54, 1.807) is 25.4 Å². The maximum absolute atomic E-state index is 13.3. The van der Waals surface area contributed by atoms with Crippen molar-refractivity contribution in [1.82, 2.24) is 24.8 Å². The Kier molecular flexibility index (Phi) is 6.27. The molecule has 1 aromatic carbocycles. The molecule has 0 spiro atoms. The van der Waals surface area contributed by atoms with E-state index in [1.165, 1.54) is 12.1 Å². The summed E-state index contributed by atoms with van der Waals surface area (Å²) in [4.78, 5) is 15.4. The molecule has 4 rings (SSSR count). The highest BCUT2D eigenvalue weighted by Gasteiger charge is 2.28. The number of halogens is 1. The number of rotatable bonds is 4. The second kappa shape index (κ2) is 9.26. The van der Waals surface area contributed by atoms with Crippen molar-refractivity contribution in [3.63, 3.8) is 0 Å². The molecule has 1 N–H and O–H groups in total. The number of aryl methyl sites for hydroxylation is 1. The molecule has 7 nitrogen and oxygen atoms in total. The molecule has 1 aliphatic rings. The van der Waals surface area contributed by atoms with Gasteiger partial charge in [-0.05, 0) is 43.2 Å². The molecule has 2 atom stereocenters. The summed E-state index contributed by atoms with van der Waals surface area (Å²) >= 11 is 0. The molecule has 0 radical (unpaired) electrons. The summed E-state index contributed by atoms with van der Waals surface area (Å²) in [5.41, 5.74) is 2.02. The minimum atomic E-state index is -0.246. The third kappa shape index (κ3) is 4.91. The Hall–Kier alpha value is -3.26. The van der Waals surface area contributed by atoms with Crippen molar-refractivity contribution in [2.45, 2.75) is 32.6 Å². The molecule has 2 aromatic heterocycles. The zero-order valence-corrected chi connectivity index (χ0v) is 18.0. The summed E-state index contributed by atoms with van der Waals surface area (Å²) in [5, 5.41) is 3.42. The second-order valence-corrected chi connectivity index (χ2v) is 7.66. The second-order valence-electron chi connectivity index (χ2n) is 7.66. The van der Waals surface area contributed by atoms with Crippen molar-refractivity contribution in [1.29, 1.82) is 0 Å². The monoisotopic (exact) mass is 422 g/mol. The lowest BCUT2D eigenvalue weighted by Gasteiger charge is -2.38. The Morgan fingerprint density at radius 3 is 2.65 bits per heavy atom. The molecule has 162 valence electrons. The lowest BCUT2D eigenvalue weighted by atomic mass is 10.1. The van der Waals surface area contributed by atoms with Crippen LogP contribution in [0.4, 0.5) is 4.39 Å². The fourth-order valence-corrected chi connectivity index (χ4v) is 3.78. The number of nitrogens with zero attached hydrogens (tertiary/aromatic N) is 5. The van der Waals surface area contributed by atoms with Crippen LogP contribution < -0.4 is 5.32 Å². The highest BCUT2D eigenvalue weighted by Crippen LogP contribution is 2.25. The maximum atomic E-state index is 13.3. The normalized spacial score (nSPS) is 19.5. The smallest absolute Gasteiger partial charge is 0.194 e. The predicted octanol–water partition coefficient (Wildman–Crippen LogP) is 3.25. The van der Waals surface area contributed by atoms with Gasteiger partial charge in [0.2, 0.25) is 0 Å². The molecule has 2 unspecified atom stereocenters. The molecule has 1 saturated heterocycles. The average Bonchev–Trinajstić information content (AvgIpc) is 3.20. The summed E-state index contributed by atoms with van der Waals surface area (Å²) in [6.45, 7) is 5.97. The van der Waals surface area contributed by atoms with Crippen LogP contribution in [0.3, 0.4) is 0 Å². The van der Waals surface area contributed by atoms with Gasteiger partial charge in [-0.1, -0.05) is 18.2 Å². The van der Waals surface area contributed by atoms with Gasteiger partial charge in [-0.25, -0.2) is 14.4 Å². The van der Waals surface area contributed by atoms with E-state index >= 15 is 0 Å². The summed E-state index contributed by atoms with van der Waals surface area (Å²) in [6, 6.07) is 10.5. The summed E-state index contributed by atoms with van der Waals surface area (Å²) < 4.78 is 21.3. The van der Waals surface area contributed by atoms with Gasteiger partial charge in [-0.3, -0.25) is 9.56 Å². The van der Waals surface area contributed by atoms with E-state index in [4.69, 9.17) is 4.74 Å². The van der Waals surface area contributed by atoms with Crippen molar-refractivity contribution in [2.75, 3.05) is 20.1 Å². The Bertz CT molecular complexity index is 1030. The summed E-state index contributed by atoms with van der Waals surface area (Å²) in [6.07, 6.45) is 5.41. The number of guanidine groups is 1. The largest absolute Gasteiger partial charge is 0.367 e. The van der Waals surface area contributed by atoms with Crippen LogP contribution in [0.15, 0.2) is 60.0 Å². The van der Waals surface area contributed by atoms with E-state index in [-0.39, 0.29) is 18.0 Å². The van der Waals surface area contributed by atoms with Gasteiger partial charge in [0.1, 0.15) is 23.6 Å². The van der Waals surface area contributed by atoms with Crippen LogP contribution in [0, 0.1) is 12.7 Å². The summed E-state index contributed by atoms with van der Waals surface area (Å²) in [5.74, 6) is 2.30. The first-order valence-electron chi connectivity index (χ1n) is 10.3. The minimum Gasteiger partial charge on any atom is -0.367 e. The molecule has 0 saturated carbocycles. The van der Waals surface area contributed by atoms with Gasteiger partial charge in [0.15, 0.2) is 5.96 Å². The average molecular weight is 423 g/mol. The molecule has 0 amide bonds. The predicted molar refractivity (Wildman–Crippen MR) is 118 cm³/mol. The van der Waals surface area contributed by atoms with Gasteiger partial charge >= 0.3 is 0 Å². The molecular formula is C23H27FN6O. The van der Waals surface area contributed by atoms with Crippen molar-refractivity contribution in [2.24, 2.45) is 4.99 Å². The number of imidazole rings is 1. The first-order chi connectivity index (χ1) is 15.0. The quantitative estimate of drug-likeness (QED) is 0.516. The Morgan fingerprint density at radius 2 is 2.00 bits per heavy atom.